The van der Waals surface area contributed by atoms with E-state index in [4.69, 9.17) is 0 Å². The van der Waals surface area contributed by atoms with Crippen LogP contribution in [-0.2, 0) is 6.42 Å². The van der Waals surface area contributed by atoms with Gasteiger partial charge in [0.25, 0.3) is 0 Å². The Labute approximate surface area is 203 Å². The molecule has 9 heteroatoms. The third-order valence-corrected chi connectivity index (χ3v) is 4.94. The monoisotopic (exact) mass is 558 g/mol. The second-order valence-corrected chi connectivity index (χ2v) is 7.17. The molecular weight excluding hydrogens is 529 g/mol. The summed E-state index contributed by atoms with van der Waals surface area (Å²) in [4.78, 5) is 7.75. The van der Waals surface area contributed by atoms with Crippen LogP contribution >= 0.6 is 24.0 Å². The van der Waals surface area contributed by atoms with Gasteiger partial charge in [-0.2, -0.15) is 8.78 Å². The molecule has 174 valence electrons. The summed E-state index contributed by atoms with van der Waals surface area (Å²) in [7, 11) is 0. The second kappa shape index (κ2) is 12.6. The Hall–Kier alpha value is -2.40. The number of aromatic amines is 1. The smallest absolute Gasteiger partial charge is 0.387 e. The van der Waals surface area contributed by atoms with E-state index in [1.54, 1.807) is 12.1 Å². The molecule has 6 nitrogen and oxygen atoms in total. The number of nitrogens with zero attached hydrogens (tertiary/aromatic N) is 1. The van der Waals surface area contributed by atoms with Gasteiger partial charge in [-0.25, -0.2) is 0 Å². The van der Waals surface area contributed by atoms with E-state index >= 15 is 0 Å². The summed E-state index contributed by atoms with van der Waals surface area (Å²) in [6.07, 6.45) is 2.00. The quantitative estimate of drug-likeness (QED) is 0.177. The van der Waals surface area contributed by atoms with Gasteiger partial charge in [-0.3, -0.25) is 4.99 Å². The van der Waals surface area contributed by atoms with Crippen LogP contribution < -0.4 is 15.4 Å². The molecule has 0 aliphatic carbocycles. The first-order valence-electron chi connectivity index (χ1n) is 10.3. The minimum atomic E-state index is -2.87. The number of H-pyrrole nitrogens is 1. The molecule has 0 aliphatic rings. The molecule has 0 spiro atoms. The van der Waals surface area contributed by atoms with Crippen molar-refractivity contribution < 1.29 is 18.6 Å². The molecule has 3 rings (SSSR count). The molecule has 0 bridgehead atoms. The fourth-order valence-electron chi connectivity index (χ4n) is 3.46. The zero-order valence-electron chi connectivity index (χ0n) is 18.1. The summed E-state index contributed by atoms with van der Waals surface area (Å²) in [6.45, 7) is 2.71. The molecule has 32 heavy (non-hydrogen) atoms. The van der Waals surface area contributed by atoms with Crippen LogP contribution in [0.4, 0.5) is 8.78 Å². The van der Waals surface area contributed by atoms with Crippen LogP contribution in [0, 0.1) is 6.92 Å². The number of halogens is 3. The van der Waals surface area contributed by atoms with Crippen molar-refractivity contribution in [2.75, 3.05) is 19.6 Å². The summed E-state index contributed by atoms with van der Waals surface area (Å²) in [6, 6.07) is 12.1. The van der Waals surface area contributed by atoms with E-state index in [1.165, 1.54) is 28.6 Å². The predicted molar refractivity (Wildman–Crippen MR) is 134 cm³/mol. The van der Waals surface area contributed by atoms with Gasteiger partial charge in [0.15, 0.2) is 5.96 Å². The van der Waals surface area contributed by atoms with Crippen molar-refractivity contribution in [1.29, 1.82) is 0 Å². The van der Waals surface area contributed by atoms with Crippen molar-refractivity contribution in [3.8, 4) is 5.75 Å². The van der Waals surface area contributed by atoms with Gasteiger partial charge in [0, 0.05) is 30.2 Å². The number of hydrogen-bond acceptors (Lipinski definition) is 3. The van der Waals surface area contributed by atoms with Gasteiger partial charge in [-0.05, 0) is 55.2 Å². The number of rotatable bonds is 9. The number of guanidine groups is 1. The predicted octanol–water partition coefficient (Wildman–Crippen LogP) is 4.53. The Morgan fingerprint density at radius 2 is 1.91 bits per heavy atom. The Bertz CT molecular complexity index is 1010. The van der Waals surface area contributed by atoms with Crippen molar-refractivity contribution >= 4 is 40.8 Å². The van der Waals surface area contributed by atoms with Crippen LogP contribution in [-0.4, -0.2) is 42.3 Å². The van der Waals surface area contributed by atoms with E-state index in [0.717, 1.165) is 11.9 Å². The number of aliphatic imine (C=N–C) groups is 1. The van der Waals surface area contributed by atoms with Crippen molar-refractivity contribution in [3.05, 3.63) is 65.4 Å². The molecule has 1 atom stereocenters. The minimum Gasteiger partial charge on any atom is -0.435 e. The number of aliphatic hydroxyl groups is 1. The normalized spacial score (nSPS) is 12.5. The van der Waals surface area contributed by atoms with Crippen LogP contribution in [0.15, 0.2) is 53.7 Å². The highest BCUT2D eigenvalue weighted by molar-refractivity contribution is 14.0. The van der Waals surface area contributed by atoms with E-state index in [2.05, 4.69) is 44.4 Å². The fourth-order valence-corrected chi connectivity index (χ4v) is 3.46. The lowest BCUT2D eigenvalue weighted by Gasteiger charge is -2.14. The molecule has 2 aromatic carbocycles. The van der Waals surface area contributed by atoms with Crippen LogP contribution in [0.2, 0.25) is 0 Å². The van der Waals surface area contributed by atoms with Gasteiger partial charge >= 0.3 is 6.61 Å². The Morgan fingerprint density at radius 1 is 1.16 bits per heavy atom. The van der Waals surface area contributed by atoms with Gasteiger partial charge in [0.05, 0.1) is 12.6 Å². The first kappa shape index (κ1) is 25.9. The molecular formula is C23H29F2IN4O2. The average Bonchev–Trinajstić information content (AvgIpc) is 3.16. The lowest BCUT2D eigenvalue weighted by molar-refractivity contribution is -0.0498. The highest BCUT2D eigenvalue weighted by Crippen LogP contribution is 2.22. The van der Waals surface area contributed by atoms with Crippen LogP contribution in [0.3, 0.4) is 0 Å². The molecule has 0 aliphatic heterocycles. The van der Waals surface area contributed by atoms with E-state index in [9.17, 15) is 13.9 Å². The number of hydrogen-bond donors (Lipinski definition) is 4. The summed E-state index contributed by atoms with van der Waals surface area (Å²) in [5.41, 5.74) is 4.18. The number of aromatic nitrogens is 1. The van der Waals surface area contributed by atoms with Crippen molar-refractivity contribution in [2.24, 2.45) is 4.99 Å². The molecule has 0 radical (unpaired) electrons. The average molecular weight is 558 g/mol. The maximum atomic E-state index is 12.2. The highest BCUT2D eigenvalue weighted by atomic mass is 127. The molecule has 0 amide bonds. The molecule has 1 heterocycles. The van der Waals surface area contributed by atoms with Gasteiger partial charge < -0.3 is 25.5 Å². The minimum absolute atomic E-state index is 0. The third kappa shape index (κ3) is 7.06. The molecule has 1 unspecified atom stereocenters. The fraction of sp³-hybridized carbons (Fsp3) is 0.348. The zero-order valence-corrected chi connectivity index (χ0v) is 20.4. The highest BCUT2D eigenvalue weighted by Gasteiger charge is 2.10. The number of fused-ring (bicyclic) bond motifs is 1. The van der Waals surface area contributed by atoms with Crippen molar-refractivity contribution in [1.82, 2.24) is 15.6 Å². The SMILES string of the molecule is CCNC(=NCC(O)c1ccc(OC(F)F)cc1)NCCc1c[nH]c2cccc(C)c12.I. The van der Waals surface area contributed by atoms with Gasteiger partial charge in [0.1, 0.15) is 5.75 Å². The van der Waals surface area contributed by atoms with E-state index < -0.39 is 12.7 Å². The topological polar surface area (TPSA) is 81.7 Å². The first-order valence-corrected chi connectivity index (χ1v) is 10.3. The number of alkyl halides is 2. The molecule has 3 aromatic rings. The van der Waals surface area contributed by atoms with E-state index in [0.29, 0.717) is 24.6 Å². The summed E-state index contributed by atoms with van der Waals surface area (Å²) in [5.74, 6) is 0.660. The maximum absolute atomic E-state index is 12.2. The van der Waals surface area contributed by atoms with Crippen LogP contribution in [0.1, 0.15) is 29.7 Å². The lowest BCUT2D eigenvalue weighted by Crippen LogP contribution is -2.38. The number of benzene rings is 2. The molecule has 0 saturated carbocycles. The number of nitrogens with one attached hydrogen (secondary N) is 3. The number of aryl methyl sites for hydroxylation is 1. The summed E-state index contributed by atoms with van der Waals surface area (Å²) < 4.78 is 28.8. The Morgan fingerprint density at radius 3 is 2.59 bits per heavy atom. The summed E-state index contributed by atoms with van der Waals surface area (Å²) in [5, 5.41) is 18.1. The first-order chi connectivity index (χ1) is 15.0. The lowest BCUT2D eigenvalue weighted by atomic mass is 10.1. The maximum Gasteiger partial charge on any atom is 0.387 e. The van der Waals surface area contributed by atoms with Gasteiger partial charge in [-0.1, -0.05) is 24.3 Å². The van der Waals surface area contributed by atoms with Crippen LogP contribution in [0.25, 0.3) is 10.9 Å². The third-order valence-electron chi connectivity index (χ3n) is 4.94. The number of ether oxygens (including phenoxy) is 1. The van der Waals surface area contributed by atoms with Crippen LogP contribution in [0.5, 0.6) is 5.75 Å². The van der Waals surface area contributed by atoms with E-state index in [1.807, 2.05) is 19.2 Å². The molecule has 1 aromatic heterocycles. The molecule has 4 N–H and O–H groups in total. The standard InChI is InChI=1S/C23H28F2N4O2.HI/c1-3-26-23(27-12-11-17-13-28-19-6-4-5-15(2)21(17)19)29-14-20(30)16-7-9-18(10-8-16)31-22(24)25;/h4-10,13,20,22,28,30H,3,11-12,14H2,1-2H3,(H2,26,27,29);1H. The largest absolute Gasteiger partial charge is 0.435 e. The van der Waals surface area contributed by atoms with Gasteiger partial charge in [0.2, 0.25) is 0 Å². The number of aliphatic hydroxyl groups excluding tert-OH is 1. The Kier molecular flexibility index (Phi) is 10.2. The zero-order chi connectivity index (χ0) is 22.2. The summed E-state index contributed by atoms with van der Waals surface area (Å²) >= 11 is 0. The second-order valence-electron chi connectivity index (χ2n) is 7.17. The van der Waals surface area contributed by atoms with Crippen molar-refractivity contribution in [3.63, 3.8) is 0 Å². The van der Waals surface area contributed by atoms with Crippen molar-refractivity contribution in [2.45, 2.75) is 33.0 Å². The van der Waals surface area contributed by atoms with Gasteiger partial charge in [-0.15, -0.1) is 24.0 Å². The Balaban J connectivity index is 0.00000363. The van der Waals surface area contributed by atoms with E-state index in [-0.39, 0.29) is 36.3 Å². The molecule has 0 fully saturated rings. The molecule has 0 saturated heterocycles.